The molecule has 2 bridgehead atoms. The number of ketones is 2. The van der Waals surface area contributed by atoms with E-state index in [1.807, 2.05) is 6.08 Å². The van der Waals surface area contributed by atoms with Crippen molar-refractivity contribution in [3.05, 3.63) is 23.8 Å². The molecule has 4 rings (SSSR count). The molecule has 0 saturated heterocycles. The van der Waals surface area contributed by atoms with Gasteiger partial charge >= 0.3 is 0 Å². The Morgan fingerprint density at radius 2 is 1.74 bits per heavy atom. The third-order valence-corrected chi connectivity index (χ3v) is 5.10. The zero-order chi connectivity index (χ0) is 14.2. The summed E-state index contributed by atoms with van der Waals surface area (Å²) in [7, 11) is 0. The highest BCUT2D eigenvalue weighted by Crippen LogP contribution is 2.54. The van der Waals surface area contributed by atoms with E-state index in [2.05, 4.69) is 0 Å². The minimum absolute atomic E-state index is 0.199. The van der Waals surface area contributed by atoms with Gasteiger partial charge < -0.3 is 10.2 Å². The summed E-state index contributed by atoms with van der Waals surface area (Å²) in [6, 6.07) is 0. The van der Waals surface area contributed by atoms with Gasteiger partial charge in [-0.15, -0.1) is 0 Å². The van der Waals surface area contributed by atoms with E-state index in [0.29, 0.717) is 5.57 Å². The zero-order valence-electron chi connectivity index (χ0n) is 11.3. The monoisotopic (exact) mass is 262 g/mol. The smallest absolute Gasteiger partial charge is 0.189 e. The third-order valence-electron chi connectivity index (χ3n) is 5.10. The molecule has 0 aromatic carbocycles. The zero-order valence-corrected chi connectivity index (χ0v) is 11.3. The maximum absolute atomic E-state index is 12.3. The molecule has 4 heteroatoms. The maximum Gasteiger partial charge on any atom is 0.189 e. The number of carbonyl (C=O) groups excluding carboxylic acids is 2. The topological polar surface area (TPSA) is 74.6 Å². The van der Waals surface area contributed by atoms with Gasteiger partial charge in [-0.2, -0.15) is 0 Å². The number of allylic oxidation sites excluding steroid dienone is 2. The molecule has 0 amide bonds. The van der Waals surface area contributed by atoms with E-state index in [9.17, 15) is 19.8 Å². The van der Waals surface area contributed by atoms with E-state index in [-0.39, 0.29) is 17.5 Å². The Balaban J connectivity index is 2.20. The summed E-state index contributed by atoms with van der Waals surface area (Å²) in [5.41, 5.74) is -2.52. The molecule has 0 spiro atoms. The van der Waals surface area contributed by atoms with Crippen molar-refractivity contribution >= 4 is 11.6 Å². The van der Waals surface area contributed by atoms with Crippen molar-refractivity contribution in [2.24, 2.45) is 23.7 Å². The van der Waals surface area contributed by atoms with Crippen LogP contribution in [-0.4, -0.2) is 33.0 Å². The van der Waals surface area contributed by atoms with E-state index in [1.54, 1.807) is 19.1 Å². The molecule has 4 nitrogen and oxygen atoms in total. The molecule has 1 fully saturated rings. The normalized spacial score (nSPS) is 52.2. The van der Waals surface area contributed by atoms with Crippen LogP contribution in [0.15, 0.2) is 23.8 Å². The largest absolute Gasteiger partial charge is 0.382 e. The lowest BCUT2D eigenvalue weighted by atomic mass is 9.49. The molecule has 102 valence electrons. The number of hydrogen-bond acceptors (Lipinski definition) is 4. The standard InChI is InChI=1S/C15H18O4/c1-7-6-9-8-4-5-10(14(2,18)13(8)17)11(9)15(3,19)12(7)16/h4-6,8-11,18-19H,1-3H3/t8-,9+,10+,11+,14-,15-/m0/s1. The van der Waals surface area contributed by atoms with E-state index in [4.69, 9.17) is 0 Å². The van der Waals surface area contributed by atoms with Gasteiger partial charge in [-0.05, 0) is 32.3 Å². The number of hydrogen-bond donors (Lipinski definition) is 2. The summed E-state index contributed by atoms with van der Waals surface area (Å²) >= 11 is 0. The third kappa shape index (κ3) is 1.36. The number of aliphatic hydroxyl groups is 2. The number of carbonyl (C=O) groups is 2. The highest BCUT2D eigenvalue weighted by Gasteiger charge is 2.63. The SMILES string of the molecule is CC1=C[C@H]2[C@H]([C@H]3C=C[C@@H]2C(=O)[C@@]3(C)O)[C@](C)(O)C1=O. The Morgan fingerprint density at radius 1 is 1.11 bits per heavy atom. The van der Waals surface area contributed by atoms with Crippen molar-refractivity contribution in [2.75, 3.05) is 0 Å². The van der Waals surface area contributed by atoms with Crippen LogP contribution in [0, 0.1) is 23.7 Å². The van der Waals surface area contributed by atoms with Crippen LogP contribution in [0.5, 0.6) is 0 Å². The molecule has 0 heterocycles. The number of rotatable bonds is 0. The molecule has 6 atom stereocenters. The first-order valence-electron chi connectivity index (χ1n) is 6.59. The van der Waals surface area contributed by atoms with Crippen LogP contribution >= 0.6 is 0 Å². The quantitative estimate of drug-likeness (QED) is 0.628. The average molecular weight is 262 g/mol. The van der Waals surface area contributed by atoms with Gasteiger partial charge in [0.1, 0.15) is 11.2 Å². The van der Waals surface area contributed by atoms with Gasteiger partial charge in [0.2, 0.25) is 0 Å². The van der Waals surface area contributed by atoms with Crippen LogP contribution in [0.2, 0.25) is 0 Å². The van der Waals surface area contributed by atoms with Gasteiger partial charge in [-0.3, -0.25) is 9.59 Å². The fourth-order valence-corrected chi connectivity index (χ4v) is 4.10. The highest BCUT2D eigenvalue weighted by atomic mass is 16.3. The van der Waals surface area contributed by atoms with Crippen molar-refractivity contribution < 1.29 is 19.8 Å². The predicted molar refractivity (Wildman–Crippen MR) is 68.1 cm³/mol. The second-order valence-corrected chi connectivity index (χ2v) is 6.38. The Kier molecular flexibility index (Phi) is 2.31. The Morgan fingerprint density at radius 3 is 2.37 bits per heavy atom. The van der Waals surface area contributed by atoms with Crippen LogP contribution in [0.1, 0.15) is 20.8 Å². The summed E-state index contributed by atoms with van der Waals surface area (Å²) in [6.45, 7) is 4.65. The fraction of sp³-hybridized carbons (Fsp3) is 0.600. The van der Waals surface area contributed by atoms with Crippen molar-refractivity contribution in [1.29, 1.82) is 0 Å². The molecule has 0 aliphatic heterocycles. The number of fused-ring (bicyclic) bond motifs is 1. The van der Waals surface area contributed by atoms with E-state index < -0.39 is 29.0 Å². The summed E-state index contributed by atoms with van der Waals surface area (Å²) in [4.78, 5) is 24.4. The van der Waals surface area contributed by atoms with Gasteiger partial charge in [-0.1, -0.05) is 18.2 Å². The first-order chi connectivity index (χ1) is 8.69. The van der Waals surface area contributed by atoms with Crippen LogP contribution in [0.25, 0.3) is 0 Å². The molecular weight excluding hydrogens is 244 g/mol. The van der Waals surface area contributed by atoms with Crippen LogP contribution in [0.4, 0.5) is 0 Å². The second-order valence-electron chi connectivity index (χ2n) is 6.38. The summed E-state index contributed by atoms with van der Waals surface area (Å²) in [5.74, 6) is -2.12. The summed E-state index contributed by atoms with van der Waals surface area (Å²) in [5, 5.41) is 21.0. The Hall–Kier alpha value is -1.26. The van der Waals surface area contributed by atoms with Gasteiger partial charge in [0.05, 0.1) is 0 Å². The molecule has 1 saturated carbocycles. The minimum atomic E-state index is -1.53. The minimum Gasteiger partial charge on any atom is -0.382 e. The number of Topliss-reactive ketones (excluding diaryl/α,β-unsaturated/α-hetero) is 2. The van der Waals surface area contributed by atoms with Crippen molar-refractivity contribution in [3.63, 3.8) is 0 Å². The second kappa shape index (κ2) is 3.44. The van der Waals surface area contributed by atoms with Gasteiger partial charge in [-0.25, -0.2) is 0 Å². The molecule has 2 N–H and O–H groups in total. The maximum atomic E-state index is 12.3. The van der Waals surface area contributed by atoms with Gasteiger partial charge in [0, 0.05) is 17.8 Å². The summed E-state index contributed by atoms with van der Waals surface area (Å²) < 4.78 is 0. The molecular formula is C15H18O4. The molecule has 0 radical (unpaired) electrons. The molecule has 19 heavy (non-hydrogen) atoms. The predicted octanol–water partition coefficient (Wildman–Crippen LogP) is 0.635. The average Bonchev–Trinajstić information content (AvgIpc) is 2.32. The van der Waals surface area contributed by atoms with Gasteiger partial charge in [0.25, 0.3) is 0 Å². The van der Waals surface area contributed by atoms with Crippen molar-refractivity contribution in [1.82, 2.24) is 0 Å². The van der Waals surface area contributed by atoms with Gasteiger partial charge in [0.15, 0.2) is 11.6 Å². The van der Waals surface area contributed by atoms with Crippen molar-refractivity contribution in [2.45, 2.75) is 32.0 Å². The fourth-order valence-electron chi connectivity index (χ4n) is 4.10. The molecule has 4 aliphatic carbocycles. The van der Waals surface area contributed by atoms with E-state index in [1.165, 1.54) is 13.8 Å². The molecule has 0 unspecified atom stereocenters. The lowest BCUT2D eigenvalue weighted by molar-refractivity contribution is -0.175. The lowest BCUT2D eigenvalue weighted by Gasteiger charge is -2.55. The van der Waals surface area contributed by atoms with Crippen LogP contribution < -0.4 is 0 Å². The van der Waals surface area contributed by atoms with Crippen LogP contribution in [0.3, 0.4) is 0 Å². The Labute approximate surface area is 111 Å². The van der Waals surface area contributed by atoms with E-state index >= 15 is 0 Å². The van der Waals surface area contributed by atoms with Crippen LogP contribution in [-0.2, 0) is 9.59 Å². The molecule has 4 aliphatic rings. The van der Waals surface area contributed by atoms with Crippen molar-refractivity contribution in [3.8, 4) is 0 Å². The molecule has 0 aromatic heterocycles. The Bertz CT molecular complexity index is 538. The first kappa shape index (κ1) is 12.8. The highest BCUT2D eigenvalue weighted by molar-refractivity contribution is 6.03. The summed E-state index contributed by atoms with van der Waals surface area (Å²) in [6.07, 6.45) is 5.38. The first-order valence-corrected chi connectivity index (χ1v) is 6.59. The van der Waals surface area contributed by atoms with E-state index in [0.717, 1.165) is 0 Å². The lowest BCUT2D eigenvalue weighted by Crippen LogP contribution is -2.66. The molecule has 0 aromatic rings.